The first kappa shape index (κ1) is 10.6. The van der Waals surface area contributed by atoms with Gasteiger partial charge in [-0.15, -0.1) is 0 Å². The fraction of sp³-hybridized carbons (Fsp3) is 0.231. The van der Waals surface area contributed by atoms with Crippen molar-refractivity contribution in [2.75, 3.05) is 5.32 Å². The molecule has 82 valence electrons. The summed E-state index contributed by atoms with van der Waals surface area (Å²) in [5.41, 5.74) is 3.10. The Hall–Kier alpha value is -1.90. The summed E-state index contributed by atoms with van der Waals surface area (Å²) in [5, 5.41) is 3.30. The summed E-state index contributed by atoms with van der Waals surface area (Å²) in [4.78, 5) is 8.68. The number of hydrogen-bond donors (Lipinski definition) is 1. The van der Waals surface area contributed by atoms with E-state index in [9.17, 15) is 0 Å². The average Bonchev–Trinajstić information content (AvgIpc) is 2.32. The quantitative estimate of drug-likeness (QED) is 0.851. The van der Waals surface area contributed by atoms with Crippen molar-refractivity contribution in [3.05, 3.63) is 53.5 Å². The molecular formula is C13H15N3. The molecule has 0 aliphatic carbocycles. The van der Waals surface area contributed by atoms with Crippen LogP contribution >= 0.6 is 0 Å². The molecule has 0 saturated heterocycles. The molecule has 1 aromatic carbocycles. The van der Waals surface area contributed by atoms with E-state index in [1.165, 1.54) is 5.56 Å². The number of nitrogens with zero attached hydrogens (tertiary/aromatic N) is 2. The van der Waals surface area contributed by atoms with Crippen molar-refractivity contribution in [3.8, 4) is 0 Å². The van der Waals surface area contributed by atoms with Gasteiger partial charge in [0.1, 0.15) is 5.82 Å². The van der Waals surface area contributed by atoms with E-state index >= 15 is 0 Å². The average molecular weight is 213 g/mol. The van der Waals surface area contributed by atoms with Crippen LogP contribution in [-0.2, 0) is 6.54 Å². The van der Waals surface area contributed by atoms with Crippen LogP contribution in [0.15, 0.2) is 36.5 Å². The van der Waals surface area contributed by atoms with E-state index in [1.807, 2.05) is 32.0 Å². The maximum Gasteiger partial charge on any atom is 0.148 e. The van der Waals surface area contributed by atoms with Crippen LogP contribution in [0.2, 0.25) is 0 Å². The van der Waals surface area contributed by atoms with Gasteiger partial charge in [0.15, 0.2) is 0 Å². The minimum absolute atomic E-state index is 0.778. The van der Waals surface area contributed by atoms with E-state index in [-0.39, 0.29) is 0 Å². The highest BCUT2D eigenvalue weighted by Gasteiger charge is 2.00. The van der Waals surface area contributed by atoms with Gasteiger partial charge in [-0.3, -0.25) is 4.98 Å². The van der Waals surface area contributed by atoms with Gasteiger partial charge in [-0.05, 0) is 19.4 Å². The third-order valence-corrected chi connectivity index (χ3v) is 2.38. The number of aryl methyl sites for hydroxylation is 2. The first-order valence-electron chi connectivity index (χ1n) is 5.34. The molecule has 0 aliphatic heterocycles. The Labute approximate surface area is 95.6 Å². The van der Waals surface area contributed by atoms with Crippen molar-refractivity contribution in [3.63, 3.8) is 0 Å². The minimum atomic E-state index is 0.778. The molecule has 0 saturated carbocycles. The van der Waals surface area contributed by atoms with Crippen LogP contribution in [0.4, 0.5) is 5.82 Å². The standard InChI is InChI=1S/C13H15N3/c1-10-8-14-11(2)13(16-10)15-9-12-6-4-3-5-7-12/h3-8H,9H2,1-2H3,(H,15,16). The lowest BCUT2D eigenvalue weighted by atomic mass is 10.2. The van der Waals surface area contributed by atoms with Gasteiger partial charge in [0.05, 0.1) is 11.4 Å². The lowest BCUT2D eigenvalue weighted by molar-refractivity contribution is 1.02. The third kappa shape index (κ3) is 2.57. The van der Waals surface area contributed by atoms with Crippen molar-refractivity contribution >= 4 is 5.82 Å². The van der Waals surface area contributed by atoms with E-state index in [0.717, 1.165) is 23.8 Å². The van der Waals surface area contributed by atoms with E-state index in [4.69, 9.17) is 0 Å². The Morgan fingerprint density at radius 2 is 1.88 bits per heavy atom. The predicted molar refractivity (Wildman–Crippen MR) is 65.3 cm³/mol. The van der Waals surface area contributed by atoms with Crippen LogP contribution in [-0.4, -0.2) is 9.97 Å². The lowest BCUT2D eigenvalue weighted by Crippen LogP contribution is -2.05. The van der Waals surface area contributed by atoms with Crippen LogP contribution in [0.5, 0.6) is 0 Å². The summed E-state index contributed by atoms with van der Waals surface area (Å²) in [6.45, 7) is 4.68. The highest BCUT2D eigenvalue weighted by Crippen LogP contribution is 2.10. The van der Waals surface area contributed by atoms with E-state index < -0.39 is 0 Å². The van der Waals surface area contributed by atoms with Crippen molar-refractivity contribution in [2.45, 2.75) is 20.4 Å². The third-order valence-electron chi connectivity index (χ3n) is 2.38. The molecule has 1 heterocycles. The largest absolute Gasteiger partial charge is 0.364 e. The molecule has 2 rings (SSSR count). The summed E-state index contributed by atoms with van der Waals surface area (Å²) in [6.07, 6.45) is 1.78. The van der Waals surface area contributed by atoms with Crippen molar-refractivity contribution in [1.82, 2.24) is 9.97 Å². The van der Waals surface area contributed by atoms with Crippen LogP contribution in [0.1, 0.15) is 17.0 Å². The highest BCUT2D eigenvalue weighted by molar-refractivity contribution is 5.40. The van der Waals surface area contributed by atoms with Crippen LogP contribution < -0.4 is 5.32 Å². The Balaban J connectivity index is 2.08. The first-order valence-corrected chi connectivity index (χ1v) is 5.34. The Morgan fingerprint density at radius 3 is 2.62 bits per heavy atom. The van der Waals surface area contributed by atoms with Crippen LogP contribution in [0.25, 0.3) is 0 Å². The second-order valence-corrected chi connectivity index (χ2v) is 3.78. The normalized spacial score (nSPS) is 10.1. The lowest BCUT2D eigenvalue weighted by Gasteiger charge is -2.08. The Kier molecular flexibility index (Phi) is 3.15. The van der Waals surface area contributed by atoms with Crippen LogP contribution in [0, 0.1) is 13.8 Å². The SMILES string of the molecule is Cc1cnc(C)c(NCc2ccccc2)n1. The summed E-state index contributed by atoms with van der Waals surface area (Å²) in [7, 11) is 0. The molecule has 16 heavy (non-hydrogen) atoms. The van der Waals surface area contributed by atoms with Gasteiger partial charge in [0, 0.05) is 12.7 Å². The van der Waals surface area contributed by atoms with E-state index in [2.05, 4.69) is 27.4 Å². The minimum Gasteiger partial charge on any atom is -0.364 e. The second-order valence-electron chi connectivity index (χ2n) is 3.78. The molecule has 3 nitrogen and oxygen atoms in total. The maximum atomic E-state index is 4.41. The topological polar surface area (TPSA) is 37.8 Å². The van der Waals surface area contributed by atoms with Crippen molar-refractivity contribution in [1.29, 1.82) is 0 Å². The monoisotopic (exact) mass is 213 g/mol. The molecule has 0 bridgehead atoms. The number of anilines is 1. The molecule has 2 aromatic rings. The molecule has 0 unspecified atom stereocenters. The Morgan fingerprint density at radius 1 is 1.12 bits per heavy atom. The van der Waals surface area contributed by atoms with Crippen molar-refractivity contribution in [2.24, 2.45) is 0 Å². The molecule has 0 radical (unpaired) electrons. The van der Waals surface area contributed by atoms with Crippen LogP contribution in [0.3, 0.4) is 0 Å². The molecule has 1 aromatic heterocycles. The fourth-order valence-electron chi connectivity index (χ4n) is 1.49. The number of benzene rings is 1. The molecule has 0 fully saturated rings. The van der Waals surface area contributed by atoms with Gasteiger partial charge >= 0.3 is 0 Å². The van der Waals surface area contributed by atoms with Gasteiger partial charge < -0.3 is 5.32 Å². The summed E-state index contributed by atoms with van der Waals surface area (Å²) >= 11 is 0. The number of aromatic nitrogens is 2. The zero-order valence-electron chi connectivity index (χ0n) is 9.57. The van der Waals surface area contributed by atoms with Gasteiger partial charge in [-0.1, -0.05) is 30.3 Å². The summed E-state index contributed by atoms with van der Waals surface area (Å²) < 4.78 is 0. The molecule has 1 N–H and O–H groups in total. The first-order chi connectivity index (χ1) is 7.75. The second kappa shape index (κ2) is 4.75. The van der Waals surface area contributed by atoms with Gasteiger partial charge in [0.25, 0.3) is 0 Å². The highest BCUT2D eigenvalue weighted by atomic mass is 15.0. The fourth-order valence-corrected chi connectivity index (χ4v) is 1.49. The number of nitrogens with one attached hydrogen (secondary N) is 1. The van der Waals surface area contributed by atoms with Gasteiger partial charge in [-0.25, -0.2) is 4.98 Å². The van der Waals surface area contributed by atoms with Crippen molar-refractivity contribution < 1.29 is 0 Å². The molecule has 0 amide bonds. The predicted octanol–water partition coefficient (Wildman–Crippen LogP) is 2.71. The smallest absolute Gasteiger partial charge is 0.148 e. The summed E-state index contributed by atoms with van der Waals surface area (Å²) in [5.74, 6) is 0.865. The van der Waals surface area contributed by atoms with Gasteiger partial charge in [0.2, 0.25) is 0 Å². The molecule has 0 atom stereocenters. The zero-order valence-corrected chi connectivity index (χ0v) is 9.57. The number of hydrogen-bond acceptors (Lipinski definition) is 3. The summed E-state index contributed by atoms with van der Waals surface area (Å²) in [6, 6.07) is 10.3. The van der Waals surface area contributed by atoms with Gasteiger partial charge in [-0.2, -0.15) is 0 Å². The van der Waals surface area contributed by atoms with E-state index in [0.29, 0.717) is 0 Å². The molecule has 3 heteroatoms. The molecular weight excluding hydrogens is 198 g/mol. The Bertz CT molecular complexity index is 466. The molecule has 0 aliphatic rings. The van der Waals surface area contributed by atoms with E-state index in [1.54, 1.807) is 6.20 Å². The maximum absolute atomic E-state index is 4.41. The molecule has 0 spiro atoms. The number of rotatable bonds is 3. The zero-order chi connectivity index (χ0) is 11.4.